The van der Waals surface area contributed by atoms with Gasteiger partial charge in [-0.2, -0.15) is 12.6 Å². The van der Waals surface area contributed by atoms with Crippen LogP contribution in [0.15, 0.2) is 53.3 Å². The lowest BCUT2D eigenvalue weighted by Crippen LogP contribution is -2.41. The zero-order valence-corrected chi connectivity index (χ0v) is 19.8. The van der Waals surface area contributed by atoms with Crippen LogP contribution in [0.1, 0.15) is 42.3 Å². The van der Waals surface area contributed by atoms with E-state index < -0.39 is 0 Å². The SMILES string of the molecule is O=c1[nH]c(C(S)C2CCOCC2)nc2cc(NC3CCCN(Cc4ccccc4)C3)ccc12. The van der Waals surface area contributed by atoms with Crippen LogP contribution in [0.25, 0.3) is 10.9 Å². The number of anilines is 1. The summed E-state index contributed by atoms with van der Waals surface area (Å²) in [4.78, 5) is 23.0. The highest BCUT2D eigenvalue weighted by atomic mass is 32.1. The average Bonchev–Trinajstić information content (AvgIpc) is 2.85. The Hall–Kier alpha value is -2.35. The Bertz CT molecular complexity index is 1130. The number of fused-ring (bicyclic) bond motifs is 1. The number of hydrogen-bond acceptors (Lipinski definition) is 6. The normalized spacial score (nSPS) is 21.2. The number of aromatic nitrogens is 2. The highest BCUT2D eigenvalue weighted by Gasteiger charge is 2.25. The highest BCUT2D eigenvalue weighted by Crippen LogP contribution is 2.33. The van der Waals surface area contributed by atoms with Crippen LogP contribution in [0.3, 0.4) is 0 Å². The largest absolute Gasteiger partial charge is 0.381 e. The quantitative estimate of drug-likeness (QED) is 0.472. The van der Waals surface area contributed by atoms with Gasteiger partial charge in [-0.25, -0.2) is 4.98 Å². The van der Waals surface area contributed by atoms with Crippen LogP contribution >= 0.6 is 12.6 Å². The summed E-state index contributed by atoms with van der Waals surface area (Å²) in [5.74, 6) is 1.02. The van der Waals surface area contributed by atoms with Gasteiger partial charge >= 0.3 is 0 Å². The third-order valence-corrected chi connectivity index (χ3v) is 7.51. The molecule has 0 bridgehead atoms. The van der Waals surface area contributed by atoms with Crippen molar-refractivity contribution >= 4 is 29.2 Å². The first-order chi connectivity index (χ1) is 16.2. The molecular weight excluding hydrogens is 432 g/mol. The summed E-state index contributed by atoms with van der Waals surface area (Å²) >= 11 is 4.81. The first kappa shape index (κ1) is 22.4. The van der Waals surface area contributed by atoms with Crippen LogP contribution in [-0.2, 0) is 11.3 Å². The Labute approximate surface area is 200 Å². The van der Waals surface area contributed by atoms with Gasteiger partial charge in [-0.3, -0.25) is 9.69 Å². The molecule has 2 saturated heterocycles. The molecule has 6 nitrogen and oxygen atoms in total. The second-order valence-electron chi connectivity index (χ2n) is 9.28. The Morgan fingerprint density at radius 3 is 2.79 bits per heavy atom. The van der Waals surface area contributed by atoms with Crippen molar-refractivity contribution in [3.05, 3.63) is 70.3 Å². The third kappa shape index (κ3) is 5.42. The van der Waals surface area contributed by atoms with Crippen molar-refractivity contribution in [2.45, 2.75) is 43.5 Å². The molecule has 174 valence electrons. The van der Waals surface area contributed by atoms with Gasteiger partial charge in [0.1, 0.15) is 5.82 Å². The molecule has 1 aromatic heterocycles. The fourth-order valence-corrected chi connectivity index (χ4v) is 5.46. The van der Waals surface area contributed by atoms with E-state index in [2.05, 4.69) is 45.5 Å². The topological polar surface area (TPSA) is 70.2 Å². The lowest BCUT2D eigenvalue weighted by atomic mass is 9.95. The monoisotopic (exact) mass is 464 g/mol. The van der Waals surface area contributed by atoms with E-state index in [-0.39, 0.29) is 10.8 Å². The first-order valence-electron chi connectivity index (χ1n) is 12.0. The van der Waals surface area contributed by atoms with Gasteiger partial charge in [0.05, 0.1) is 16.2 Å². The second-order valence-corrected chi connectivity index (χ2v) is 9.84. The van der Waals surface area contributed by atoms with E-state index in [9.17, 15) is 4.79 Å². The van der Waals surface area contributed by atoms with Crippen molar-refractivity contribution in [2.75, 3.05) is 31.6 Å². The van der Waals surface area contributed by atoms with Gasteiger partial charge < -0.3 is 15.0 Å². The highest BCUT2D eigenvalue weighted by molar-refractivity contribution is 7.80. The van der Waals surface area contributed by atoms with Gasteiger partial charge in [0.2, 0.25) is 0 Å². The number of ether oxygens (including phenoxy) is 1. The van der Waals surface area contributed by atoms with Crippen molar-refractivity contribution in [3.8, 4) is 0 Å². The van der Waals surface area contributed by atoms with Crippen LogP contribution in [-0.4, -0.2) is 47.2 Å². The summed E-state index contributed by atoms with van der Waals surface area (Å²) in [6, 6.07) is 16.9. The van der Waals surface area contributed by atoms with Gasteiger partial charge in [0, 0.05) is 38.0 Å². The number of thiol groups is 1. The molecule has 2 aliphatic rings. The molecule has 0 spiro atoms. The summed E-state index contributed by atoms with van der Waals surface area (Å²) in [6.45, 7) is 4.60. The minimum atomic E-state index is -0.0978. The van der Waals surface area contributed by atoms with Crippen molar-refractivity contribution in [3.63, 3.8) is 0 Å². The molecule has 7 heteroatoms. The number of rotatable bonds is 6. The molecular formula is C26H32N4O2S. The maximum absolute atomic E-state index is 12.7. The molecule has 3 heterocycles. The molecule has 2 N–H and O–H groups in total. The van der Waals surface area contributed by atoms with E-state index in [1.165, 1.54) is 12.0 Å². The lowest BCUT2D eigenvalue weighted by Gasteiger charge is -2.33. The molecule has 33 heavy (non-hydrogen) atoms. The number of benzene rings is 2. The van der Waals surface area contributed by atoms with Gasteiger partial charge in [-0.15, -0.1) is 0 Å². The van der Waals surface area contributed by atoms with Crippen molar-refractivity contribution in [1.29, 1.82) is 0 Å². The minimum Gasteiger partial charge on any atom is -0.381 e. The Morgan fingerprint density at radius 1 is 1.15 bits per heavy atom. The number of aromatic amines is 1. The van der Waals surface area contributed by atoms with Crippen LogP contribution in [0.4, 0.5) is 5.69 Å². The summed E-state index contributed by atoms with van der Waals surface area (Å²) < 4.78 is 5.47. The zero-order chi connectivity index (χ0) is 22.6. The maximum atomic E-state index is 12.7. The van der Waals surface area contributed by atoms with E-state index in [0.29, 0.717) is 23.2 Å². The standard InChI is InChI=1S/C26H32N4O2S/c31-26-22-9-8-20(15-23(22)28-25(29-26)24(33)19-10-13-32-14-11-19)27-21-7-4-12-30(17-21)16-18-5-2-1-3-6-18/h1-3,5-6,8-9,15,19,21,24,27,33H,4,7,10-14,16-17H2,(H,28,29,31). The summed E-state index contributed by atoms with van der Waals surface area (Å²) in [6.07, 6.45) is 4.20. The minimum absolute atomic E-state index is 0.0903. The van der Waals surface area contributed by atoms with Crippen molar-refractivity contribution in [2.24, 2.45) is 5.92 Å². The molecule has 0 amide bonds. The van der Waals surface area contributed by atoms with Gasteiger partial charge in [-0.1, -0.05) is 30.3 Å². The zero-order valence-electron chi connectivity index (χ0n) is 18.9. The summed E-state index contributed by atoms with van der Waals surface area (Å²) in [5, 5.41) is 4.22. The Balaban J connectivity index is 1.30. The average molecular weight is 465 g/mol. The third-order valence-electron chi connectivity index (χ3n) is 6.84. The molecule has 0 radical (unpaired) electrons. The Morgan fingerprint density at radius 2 is 1.97 bits per heavy atom. The predicted octanol–water partition coefficient (Wildman–Crippen LogP) is 4.40. The lowest BCUT2D eigenvalue weighted by molar-refractivity contribution is 0.0652. The number of likely N-dealkylation sites (tertiary alicyclic amines) is 1. The number of hydrogen-bond donors (Lipinski definition) is 3. The number of H-pyrrole nitrogens is 1. The van der Waals surface area contributed by atoms with E-state index in [4.69, 9.17) is 22.3 Å². The summed E-state index contributed by atoms with van der Waals surface area (Å²) in [5.41, 5.74) is 2.99. The van der Waals surface area contributed by atoms with Crippen molar-refractivity contribution in [1.82, 2.24) is 14.9 Å². The smallest absolute Gasteiger partial charge is 0.258 e. The second kappa shape index (κ2) is 10.3. The first-order valence-corrected chi connectivity index (χ1v) is 12.5. The van der Waals surface area contributed by atoms with E-state index in [1.54, 1.807) is 0 Å². The van der Waals surface area contributed by atoms with E-state index in [1.807, 2.05) is 18.2 Å². The molecule has 0 saturated carbocycles. The molecule has 3 aromatic rings. The molecule has 2 aromatic carbocycles. The molecule has 2 atom stereocenters. The number of nitrogens with zero attached hydrogens (tertiary/aromatic N) is 2. The Kier molecular flexibility index (Phi) is 6.99. The van der Waals surface area contributed by atoms with Crippen LogP contribution < -0.4 is 10.9 Å². The molecule has 5 rings (SSSR count). The van der Waals surface area contributed by atoms with Gasteiger partial charge in [0.25, 0.3) is 5.56 Å². The van der Waals surface area contributed by atoms with Gasteiger partial charge in [0.15, 0.2) is 0 Å². The molecule has 2 fully saturated rings. The number of piperidine rings is 1. The fourth-order valence-electron chi connectivity index (χ4n) is 5.04. The molecule has 2 unspecified atom stereocenters. The van der Waals surface area contributed by atoms with E-state index in [0.717, 1.165) is 63.3 Å². The van der Waals surface area contributed by atoms with Gasteiger partial charge in [-0.05, 0) is 61.9 Å². The van der Waals surface area contributed by atoms with Crippen molar-refractivity contribution < 1.29 is 4.74 Å². The van der Waals surface area contributed by atoms with Crippen LogP contribution in [0.5, 0.6) is 0 Å². The number of nitrogens with one attached hydrogen (secondary N) is 2. The van der Waals surface area contributed by atoms with Crippen LogP contribution in [0.2, 0.25) is 0 Å². The molecule has 0 aliphatic carbocycles. The van der Waals surface area contributed by atoms with Crippen LogP contribution in [0, 0.1) is 5.92 Å². The van der Waals surface area contributed by atoms with E-state index >= 15 is 0 Å². The predicted molar refractivity (Wildman–Crippen MR) is 136 cm³/mol. The summed E-state index contributed by atoms with van der Waals surface area (Å²) in [7, 11) is 0. The fraction of sp³-hybridized carbons (Fsp3) is 0.462. The maximum Gasteiger partial charge on any atom is 0.258 e. The molecule has 2 aliphatic heterocycles.